The van der Waals surface area contributed by atoms with E-state index in [0.717, 1.165) is 28.4 Å². The Balaban J connectivity index is 1.95. The maximum atomic E-state index is 12.7. The maximum Gasteiger partial charge on any atom is 0.261 e. The fourth-order valence-corrected chi connectivity index (χ4v) is 4.93. The number of anilines is 2. The summed E-state index contributed by atoms with van der Waals surface area (Å²) in [6.07, 6.45) is 0. The Morgan fingerprint density at radius 2 is 2.00 bits per heavy atom. The van der Waals surface area contributed by atoms with E-state index in [1.165, 1.54) is 0 Å². The van der Waals surface area contributed by atoms with Crippen molar-refractivity contribution >= 4 is 44.8 Å². The predicted octanol–water partition coefficient (Wildman–Crippen LogP) is 3.99. The standard InChI is InChI=1S/C16H17ClN2O2S2/c1-11-9-12(17)3-5-14(11)18-23(20,21)13-4-6-16-15(10-13)19(2)7-8-22-16/h3-6,9-10,18H,7-8H2,1-2H3. The first kappa shape index (κ1) is 16.5. The van der Waals surface area contributed by atoms with Crippen molar-refractivity contribution in [1.82, 2.24) is 0 Å². The van der Waals surface area contributed by atoms with Crippen LogP contribution in [-0.4, -0.2) is 27.8 Å². The number of hydrogen-bond acceptors (Lipinski definition) is 4. The number of benzene rings is 2. The van der Waals surface area contributed by atoms with Crippen LogP contribution in [0.25, 0.3) is 0 Å². The zero-order chi connectivity index (χ0) is 16.6. The summed E-state index contributed by atoms with van der Waals surface area (Å²) in [6, 6.07) is 10.3. The number of sulfonamides is 1. The van der Waals surface area contributed by atoms with Gasteiger partial charge >= 0.3 is 0 Å². The summed E-state index contributed by atoms with van der Waals surface area (Å²) in [5, 5.41) is 0.581. The average Bonchev–Trinajstić information content (AvgIpc) is 2.50. The van der Waals surface area contributed by atoms with Gasteiger partial charge in [-0.05, 0) is 48.9 Å². The Labute approximate surface area is 145 Å². The lowest BCUT2D eigenvalue weighted by Crippen LogP contribution is -2.24. The van der Waals surface area contributed by atoms with Gasteiger partial charge in [0.15, 0.2) is 0 Å². The molecule has 7 heteroatoms. The normalized spacial score (nSPS) is 14.5. The van der Waals surface area contributed by atoms with Crippen molar-refractivity contribution in [3.63, 3.8) is 0 Å². The van der Waals surface area contributed by atoms with Crippen molar-refractivity contribution in [2.24, 2.45) is 0 Å². The summed E-state index contributed by atoms with van der Waals surface area (Å²) < 4.78 is 28.0. The van der Waals surface area contributed by atoms with Crippen LogP contribution in [0.15, 0.2) is 46.2 Å². The molecule has 122 valence electrons. The van der Waals surface area contributed by atoms with Crippen LogP contribution in [0.1, 0.15) is 5.56 Å². The van der Waals surface area contributed by atoms with Gasteiger partial charge in [0.05, 0.1) is 16.3 Å². The molecule has 2 aromatic rings. The van der Waals surface area contributed by atoms with Gasteiger partial charge in [-0.1, -0.05) is 11.6 Å². The molecule has 1 aliphatic rings. The summed E-state index contributed by atoms with van der Waals surface area (Å²) in [4.78, 5) is 3.46. The molecule has 1 heterocycles. The highest BCUT2D eigenvalue weighted by atomic mass is 35.5. The van der Waals surface area contributed by atoms with E-state index < -0.39 is 10.0 Å². The fraction of sp³-hybridized carbons (Fsp3) is 0.250. The Morgan fingerprint density at radius 1 is 1.22 bits per heavy atom. The summed E-state index contributed by atoms with van der Waals surface area (Å²) >= 11 is 7.66. The van der Waals surface area contributed by atoms with Gasteiger partial charge in [0.25, 0.3) is 10.0 Å². The topological polar surface area (TPSA) is 49.4 Å². The lowest BCUT2D eigenvalue weighted by Gasteiger charge is -2.27. The minimum absolute atomic E-state index is 0.264. The van der Waals surface area contributed by atoms with Crippen LogP contribution in [0, 0.1) is 6.92 Å². The van der Waals surface area contributed by atoms with E-state index >= 15 is 0 Å². The lowest BCUT2D eigenvalue weighted by atomic mass is 10.2. The third-order valence-electron chi connectivity index (χ3n) is 3.77. The molecule has 0 amide bonds. The molecule has 23 heavy (non-hydrogen) atoms. The second-order valence-corrected chi connectivity index (χ2v) is 8.72. The van der Waals surface area contributed by atoms with Crippen LogP contribution in [0.5, 0.6) is 0 Å². The van der Waals surface area contributed by atoms with Crippen molar-refractivity contribution in [3.8, 4) is 0 Å². The van der Waals surface area contributed by atoms with Gasteiger partial charge in [-0.15, -0.1) is 11.8 Å². The smallest absolute Gasteiger partial charge is 0.261 e. The molecular weight excluding hydrogens is 352 g/mol. The zero-order valence-electron chi connectivity index (χ0n) is 12.8. The molecule has 0 bridgehead atoms. The molecule has 0 spiro atoms. The van der Waals surface area contributed by atoms with E-state index in [-0.39, 0.29) is 4.90 Å². The Bertz CT molecular complexity index is 853. The number of thioether (sulfide) groups is 1. The van der Waals surface area contributed by atoms with Crippen LogP contribution >= 0.6 is 23.4 Å². The molecule has 0 aromatic heterocycles. The van der Waals surface area contributed by atoms with E-state index in [9.17, 15) is 8.42 Å². The molecule has 0 unspecified atom stereocenters. The third kappa shape index (κ3) is 3.44. The van der Waals surface area contributed by atoms with Crippen LogP contribution in [0.2, 0.25) is 5.02 Å². The molecule has 0 radical (unpaired) electrons. The quantitative estimate of drug-likeness (QED) is 0.889. The minimum atomic E-state index is -3.63. The average molecular weight is 369 g/mol. The third-order valence-corrected chi connectivity index (χ3v) is 6.41. The van der Waals surface area contributed by atoms with E-state index in [2.05, 4.69) is 9.62 Å². The minimum Gasteiger partial charge on any atom is -0.373 e. The van der Waals surface area contributed by atoms with Crippen molar-refractivity contribution < 1.29 is 8.42 Å². The van der Waals surface area contributed by atoms with Gasteiger partial charge in [0, 0.05) is 29.3 Å². The Kier molecular flexibility index (Phi) is 4.49. The number of nitrogens with zero attached hydrogens (tertiary/aromatic N) is 1. The molecule has 3 rings (SSSR count). The molecule has 0 aliphatic carbocycles. The van der Waals surface area contributed by atoms with Crippen molar-refractivity contribution in [3.05, 3.63) is 47.0 Å². The van der Waals surface area contributed by atoms with Gasteiger partial charge in [0.1, 0.15) is 0 Å². The number of hydrogen-bond donors (Lipinski definition) is 1. The highest BCUT2D eigenvalue weighted by Crippen LogP contribution is 2.36. The molecular formula is C16H17ClN2O2S2. The predicted molar refractivity (Wildman–Crippen MR) is 97.4 cm³/mol. The van der Waals surface area contributed by atoms with Gasteiger partial charge in [-0.2, -0.15) is 0 Å². The van der Waals surface area contributed by atoms with Gasteiger partial charge in [-0.25, -0.2) is 8.42 Å². The zero-order valence-corrected chi connectivity index (χ0v) is 15.2. The first-order valence-electron chi connectivity index (χ1n) is 7.14. The van der Waals surface area contributed by atoms with Gasteiger partial charge < -0.3 is 4.90 Å². The van der Waals surface area contributed by atoms with Crippen LogP contribution in [-0.2, 0) is 10.0 Å². The van der Waals surface area contributed by atoms with Crippen LogP contribution in [0.4, 0.5) is 11.4 Å². The summed E-state index contributed by atoms with van der Waals surface area (Å²) in [7, 11) is -1.66. The molecule has 0 saturated carbocycles. The van der Waals surface area contributed by atoms with Crippen LogP contribution in [0.3, 0.4) is 0 Å². The highest BCUT2D eigenvalue weighted by Gasteiger charge is 2.20. The molecule has 4 nitrogen and oxygen atoms in total. The number of fused-ring (bicyclic) bond motifs is 1. The van der Waals surface area contributed by atoms with Gasteiger partial charge in [0.2, 0.25) is 0 Å². The number of nitrogens with one attached hydrogen (secondary N) is 1. The van der Waals surface area contributed by atoms with E-state index in [1.807, 2.05) is 20.0 Å². The maximum absolute atomic E-state index is 12.7. The summed E-state index contributed by atoms with van der Waals surface area (Å²) in [5.41, 5.74) is 2.28. The molecule has 1 aliphatic heterocycles. The molecule has 1 N–H and O–H groups in total. The van der Waals surface area contributed by atoms with Crippen molar-refractivity contribution in [2.45, 2.75) is 16.7 Å². The molecule has 0 atom stereocenters. The van der Waals surface area contributed by atoms with E-state index in [0.29, 0.717) is 10.7 Å². The van der Waals surface area contributed by atoms with E-state index in [4.69, 9.17) is 11.6 Å². The Morgan fingerprint density at radius 3 is 2.74 bits per heavy atom. The second kappa shape index (κ2) is 6.26. The lowest BCUT2D eigenvalue weighted by molar-refractivity contribution is 0.601. The van der Waals surface area contributed by atoms with E-state index in [1.54, 1.807) is 42.1 Å². The van der Waals surface area contributed by atoms with Crippen molar-refractivity contribution in [2.75, 3.05) is 29.0 Å². The number of aryl methyl sites for hydroxylation is 1. The number of halogens is 1. The molecule has 2 aromatic carbocycles. The van der Waals surface area contributed by atoms with Crippen molar-refractivity contribution in [1.29, 1.82) is 0 Å². The largest absolute Gasteiger partial charge is 0.373 e. The van der Waals surface area contributed by atoms with Crippen LogP contribution < -0.4 is 9.62 Å². The summed E-state index contributed by atoms with van der Waals surface area (Å²) in [6.45, 7) is 2.73. The number of rotatable bonds is 3. The monoisotopic (exact) mass is 368 g/mol. The molecule has 0 saturated heterocycles. The second-order valence-electron chi connectivity index (χ2n) is 5.46. The summed E-state index contributed by atoms with van der Waals surface area (Å²) in [5.74, 6) is 1.01. The Hall–Kier alpha value is -1.37. The fourth-order valence-electron chi connectivity index (χ4n) is 2.44. The SMILES string of the molecule is Cc1cc(Cl)ccc1NS(=O)(=O)c1ccc2c(c1)N(C)CCS2. The highest BCUT2D eigenvalue weighted by molar-refractivity contribution is 7.99. The molecule has 0 fully saturated rings. The van der Waals surface area contributed by atoms with Gasteiger partial charge in [-0.3, -0.25) is 4.72 Å². The first-order valence-corrected chi connectivity index (χ1v) is 9.98. The first-order chi connectivity index (χ1) is 10.9.